The van der Waals surface area contributed by atoms with Crippen molar-refractivity contribution in [1.29, 1.82) is 0 Å². The van der Waals surface area contributed by atoms with E-state index in [4.69, 9.17) is 0 Å². The molecule has 18 heavy (non-hydrogen) atoms. The number of aryl methyl sites for hydroxylation is 1. The Balaban J connectivity index is 1.71. The fourth-order valence-electron chi connectivity index (χ4n) is 2.46. The molecular weight excluding hydrogens is 334 g/mol. The Kier molecular flexibility index (Phi) is 3.12. The minimum atomic E-state index is -3.32. The van der Waals surface area contributed by atoms with Crippen LogP contribution in [0, 0.1) is 18.3 Å². The number of hydrogen-bond acceptors (Lipinski definition) is 3. The van der Waals surface area contributed by atoms with Gasteiger partial charge in [0.2, 0.25) is 10.0 Å². The van der Waals surface area contributed by atoms with Crippen LogP contribution in [0.15, 0.2) is 14.1 Å². The highest BCUT2D eigenvalue weighted by Gasteiger charge is 2.53. The fourth-order valence-corrected chi connectivity index (χ4v) is 5.87. The Labute approximate surface area is 120 Å². The zero-order valence-corrected chi connectivity index (χ0v) is 13.4. The lowest BCUT2D eigenvalue weighted by molar-refractivity contribution is 0.432. The Hall–Kier alpha value is 0.0900. The standard InChI is InChI=1S/C12H16BrNO2S2/c1-8-6-10(17-11(8)13)18(15,16)14-7-12(4-5-12)9-2-3-9/h6,9,14H,2-5,7H2,1H3. The highest BCUT2D eigenvalue weighted by atomic mass is 79.9. The first-order valence-electron chi connectivity index (χ1n) is 6.19. The van der Waals surface area contributed by atoms with Gasteiger partial charge in [0.05, 0.1) is 3.79 Å². The molecule has 0 bridgehead atoms. The molecule has 0 radical (unpaired) electrons. The van der Waals surface area contributed by atoms with Crippen molar-refractivity contribution >= 4 is 37.3 Å². The second-order valence-corrected chi connectivity index (χ2v) is 9.85. The first kappa shape index (κ1) is 13.1. The summed E-state index contributed by atoms with van der Waals surface area (Å²) in [6, 6.07) is 1.73. The van der Waals surface area contributed by atoms with Gasteiger partial charge in [0.25, 0.3) is 0 Å². The van der Waals surface area contributed by atoms with Crippen molar-refractivity contribution in [1.82, 2.24) is 4.72 Å². The average molecular weight is 350 g/mol. The number of thiophene rings is 1. The second-order valence-electron chi connectivity index (χ2n) is 5.48. The van der Waals surface area contributed by atoms with E-state index in [1.807, 2.05) is 6.92 Å². The molecular formula is C12H16BrNO2S2. The van der Waals surface area contributed by atoms with Gasteiger partial charge in [-0.25, -0.2) is 13.1 Å². The first-order chi connectivity index (χ1) is 8.43. The number of hydrogen-bond donors (Lipinski definition) is 1. The lowest BCUT2D eigenvalue weighted by Crippen LogP contribution is -2.30. The molecule has 3 nitrogen and oxygen atoms in total. The number of halogens is 1. The Morgan fingerprint density at radius 2 is 2.17 bits per heavy atom. The molecule has 2 fully saturated rings. The van der Waals surface area contributed by atoms with Crippen LogP contribution < -0.4 is 4.72 Å². The van der Waals surface area contributed by atoms with Crippen molar-refractivity contribution in [3.8, 4) is 0 Å². The molecule has 1 aromatic heterocycles. The summed E-state index contributed by atoms with van der Waals surface area (Å²) in [6.07, 6.45) is 4.94. The van der Waals surface area contributed by atoms with E-state index in [9.17, 15) is 8.42 Å². The van der Waals surface area contributed by atoms with Gasteiger partial charge in [-0.2, -0.15) is 0 Å². The fraction of sp³-hybridized carbons (Fsp3) is 0.667. The summed E-state index contributed by atoms with van der Waals surface area (Å²) in [7, 11) is -3.32. The number of rotatable bonds is 5. The van der Waals surface area contributed by atoms with Gasteiger partial charge in [-0.3, -0.25) is 0 Å². The van der Waals surface area contributed by atoms with Gasteiger partial charge in [-0.15, -0.1) is 11.3 Å². The van der Waals surface area contributed by atoms with Crippen LogP contribution in [-0.4, -0.2) is 15.0 Å². The van der Waals surface area contributed by atoms with E-state index in [1.54, 1.807) is 6.07 Å². The van der Waals surface area contributed by atoms with Crippen molar-refractivity contribution in [2.75, 3.05) is 6.54 Å². The summed E-state index contributed by atoms with van der Waals surface area (Å²) >= 11 is 4.65. The first-order valence-corrected chi connectivity index (χ1v) is 9.28. The molecule has 0 atom stereocenters. The molecule has 0 unspecified atom stereocenters. The van der Waals surface area contributed by atoms with E-state index < -0.39 is 10.0 Å². The summed E-state index contributed by atoms with van der Waals surface area (Å²) in [5.41, 5.74) is 1.28. The Morgan fingerprint density at radius 1 is 1.50 bits per heavy atom. The van der Waals surface area contributed by atoms with Crippen LogP contribution in [0.5, 0.6) is 0 Å². The Bertz CT molecular complexity index is 551. The van der Waals surface area contributed by atoms with Crippen LogP contribution >= 0.6 is 27.3 Å². The molecule has 6 heteroatoms. The predicted octanol–water partition coefficient (Wildman–Crippen LogP) is 3.29. The molecule has 0 spiro atoms. The summed E-state index contributed by atoms with van der Waals surface area (Å²) < 4.78 is 28.5. The SMILES string of the molecule is Cc1cc(S(=O)(=O)NCC2(C3CC3)CC2)sc1Br. The molecule has 0 aliphatic heterocycles. The van der Waals surface area contributed by atoms with Gasteiger partial charge in [-0.1, -0.05) is 0 Å². The molecule has 2 saturated carbocycles. The van der Waals surface area contributed by atoms with Gasteiger partial charge < -0.3 is 0 Å². The van der Waals surface area contributed by atoms with Crippen LogP contribution in [0.1, 0.15) is 31.2 Å². The van der Waals surface area contributed by atoms with Crippen molar-refractivity contribution in [3.63, 3.8) is 0 Å². The third-order valence-corrected chi connectivity index (χ3v) is 8.06. The van der Waals surface area contributed by atoms with Gasteiger partial charge in [0.15, 0.2) is 0 Å². The minimum Gasteiger partial charge on any atom is -0.210 e. The lowest BCUT2D eigenvalue weighted by Gasteiger charge is -2.14. The maximum atomic E-state index is 12.2. The van der Waals surface area contributed by atoms with Crippen LogP contribution in [0.4, 0.5) is 0 Å². The summed E-state index contributed by atoms with van der Waals surface area (Å²) in [5, 5.41) is 0. The molecule has 0 amide bonds. The minimum absolute atomic E-state index is 0.302. The van der Waals surface area contributed by atoms with Crippen LogP contribution in [0.25, 0.3) is 0 Å². The van der Waals surface area contributed by atoms with E-state index in [1.165, 1.54) is 37.0 Å². The highest BCUT2D eigenvalue weighted by molar-refractivity contribution is 9.11. The van der Waals surface area contributed by atoms with Gasteiger partial charge in [0, 0.05) is 6.54 Å². The normalized spacial score (nSPS) is 22.1. The van der Waals surface area contributed by atoms with Crippen LogP contribution in [-0.2, 0) is 10.0 Å². The average Bonchev–Trinajstić information content (AvgIpc) is 3.18. The zero-order valence-electron chi connectivity index (χ0n) is 10.2. The number of nitrogens with one attached hydrogen (secondary N) is 1. The molecule has 2 aliphatic rings. The quantitative estimate of drug-likeness (QED) is 0.886. The van der Waals surface area contributed by atoms with Gasteiger partial charge in [0.1, 0.15) is 4.21 Å². The van der Waals surface area contributed by atoms with Crippen molar-refractivity contribution < 1.29 is 8.42 Å². The Morgan fingerprint density at radius 3 is 2.61 bits per heavy atom. The molecule has 1 N–H and O–H groups in total. The summed E-state index contributed by atoms with van der Waals surface area (Å²) in [6.45, 7) is 2.53. The third kappa shape index (κ3) is 2.40. The van der Waals surface area contributed by atoms with E-state index in [0.717, 1.165) is 15.3 Å². The number of sulfonamides is 1. The van der Waals surface area contributed by atoms with Crippen molar-refractivity contribution in [2.45, 2.75) is 36.8 Å². The second kappa shape index (κ2) is 4.30. The smallest absolute Gasteiger partial charge is 0.210 e. The van der Waals surface area contributed by atoms with Crippen LogP contribution in [0.3, 0.4) is 0 Å². The lowest BCUT2D eigenvalue weighted by atomic mass is 10.0. The van der Waals surface area contributed by atoms with E-state index >= 15 is 0 Å². The summed E-state index contributed by atoms with van der Waals surface area (Å²) in [4.78, 5) is 0. The largest absolute Gasteiger partial charge is 0.250 e. The van der Waals surface area contributed by atoms with Gasteiger partial charge >= 0.3 is 0 Å². The van der Waals surface area contributed by atoms with E-state index in [2.05, 4.69) is 20.7 Å². The topological polar surface area (TPSA) is 46.2 Å². The molecule has 100 valence electrons. The molecule has 1 heterocycles. The van der Waals surface area contributed by atoms with E-state index in [0.29, 0.717) is 16.2 Å². The maximum Gasteiger partial charge on any atom is 0.250 e. The molecule has 3 rings (SSSR count). The molecule has 1 aromatic rings. The molecule has 0 saturated heterocycles. The zero-order chi connectivity index (χ0) is 13.0. The monoisotopic (exact) mass is 349 g/mol. The predicted molar refractivity (Wildman–Crippen MR) is 76.3 cm³/mol. The van der Waals surface area contributed by atoms with Crippen molar-refractivity contribution in [2.24, 2.45) is 11.3 Å². The van der Waals surface area contributed by atoms with Crippen LogP contribution in [0.2, 0.25) is 0 Å². The van der Waals surface area contributed by atoms with E-state index in [-0.39, 0.29) is 0 Å². The molecule has 2 aliphatic carbocycles. The van der Waals surface area contributed by atoms with Gasteiger partial charge in [-0.05, 0) is 71.5 Å². The third-order valence-electron chi connectivity index (χ3n) is 4.05. The highest BCUT2D eigenvalue weighted by Crippen LogP contribution is 2.60. The summed E-state index contributed by atoms with van der Waals surface area (Å²) in [5.74, 6) is 0.775. The van der Waals surface area contributed by atoms with Crippen molar-refractivity contribution in [3.05, 3.63) is 15.4 Å². The molecule has 0 aromatic carbocycles. The maximum absolute atomic E-state index is 12.2.